The van der Waals surface area contributed by atoms with E-state index in [4.69, 9.17) is 0 Å². The molecule has 1 saturated heterocycles. The summed E-state index contributed by atoms with van der Waals surface area (Å²) in [6, 6.07) is 13.6. The second-order valence-electron chi connectivity index (χ2n) is 5.75. The van der Waals surface area contributed by atoms with Gasteiger partial charge in [0.05, 0.1) is 6.07 Å². The Morgan fingerprint density at radius 2 is 2.00 bits per heavy atom. The summed E-state index contributed by atoms with van der Waals surface area (Å²) in [6.45, 7) is 5.62. The molecule has 1 heterocycles. The highest BCUT2D eigenvalue weighted by Gasteiger charge is 2.43. The van der Waals surface area contributed by atoms with Crippen molar-refractivity contribution in [2.75, 3.05) is 13.6 Å². The lowest BCUT2D eigenvalue weighted by Gasteiger charge is -2.48. The summed E-state index contributed by atoms with van der Waals surface area (Å²) in [5.74, 6) is 0.515. The zero-order valence-electron chi connectivity index (χ0n) is 11.6. The molecule has 1 aliphatic heterocycles. The lowest BCUT2D eigenvalue weighted by molar-refractivity contribution is 0.0770. The first-order valence-corrected chi connectivity index (χ1v) is 6.73. The van der Waals surface area contributed by atoms with Crippen LogP contribution in [0.3, 0.4) is 0 Å². The van der Waals surface area contributed by atoms with Gasteiger partial charge in [-0.1, -0.05) is 37.3 Å². The first kappa shape index (κ1) is 13.1. The Hall–Kier alpha value is -1.33. The van der Waals surface area contributed by atoms with Gasteiger partial charge in [0.15, 0.2) is 0 Å². The molecule has 0 bridgehead atoms. The van der Waals surface area contributed by atoms with Crippen molar-refractivity contribution in [1.29, 1.82) is 5.26 Å². The predicted octanol–water partition coefficient (Wildman–Crippen LogP) is 3.20. The Labute approximate surface area is 110 Å². The highest BCUT2D eigenvalue weighted by molar-refractivity contribution is 5.29. The van der Waals surface area contributed by atoms with Gasteiger partial charge in [0.1, 0.15) is 0 Å². The third-order valence-corrected chi connectivity index (χ3v) is 4.66. The molecule has 3 atom stereocenters. The Kier molecular flexibility index (Phi) is 3.73. The van der Waals surface area contributed by atoms with Gasteiger partial charge < -0.3 is 4.90 Å². The quantitative estimate of drug-likeness (QED) is 0.796. The number of nitrogens with zero attached hydrogens (tertiary/aromatic N) is 2. The molecule has 0 aliphatic carbocycles. The fourth-order valence-electron chi connectivity index (χ4n) is 3.33. The summed E-state index contributed by atoms with van der Waals surface area (Å²) in [6.07, 6.45) is 1.69. The molecule has 0 radical (unpaired) electrons. The maximum Gasteiger partial charge on any atom is 0.0631 e. The number of likely N-dealkylation sites (tertiary alicyclic amines) is 1. The van der Waals surface area contributed by atoms with E-state index in [0.29, 0.717) is 18.4 Å². The van der Waals surface area contributed by atoms with Crippen LogP contribution in [-0.4, -0.2) is 24.5 Å². The summed E-state index contributed by atoms with van der Waals surface area (Å²) < 4.78 is 0. The first-order chi connectivity index (χ1) is 8.60. The molecule has 1 fully saturated rings. The fourth-order valence-corrected chi connectivity index (χ4v) is 3.33. The summed E-state index contributed by atoms with van der Waals surface area (Å²) in [4.78, 5) is 2.41. The highest BCUT2D eigenvalue weighted by Crippen LogP contribution is 2.44. The number of nitriles is 1. The molecule has 2 heteroatoms. The SMILES string of the molecule is C[C@@H]1C[C@@](CC#N)(c2ccccc2)[C@@H](C)CN1C. The molecule has 0 aromatic heterocycles. The van der Waals surface area contributed by atoms with Crippen LogP contribution < -0.4 is 0 Å². The van der Waals surface area contributed by atoms with Crippen LogP contribution in [0.5, 0.6) is 0 Å². The Morgan fingerprint density at radius 1 is 1.33 bits per heavy atom. The van der Waals surface area contributed by atoms with Crippen LogP contribution in [-0.2, 0) is 5.41 Å². The minimum Gasteiger partial charge on any atom is -0.303 e. The van der Waals surface area contributed by atoms with E-state index in [2.05, 4.69) is 56.1 Å². The van der Waals surface area contributed by atoms with Gasteiger partial charge in [-0.15, -0.1) is 0 Å². The summed E-state index contributed by atoms with van der Waals surface area (Å²) >= 11 is 0. The van der Waals surface area contributed by atoms with Crippen LogP contribution in [0.1, 0.15) is 32.3 Å². The molecule has 0 spiro atoms. The van der Waals surface area contributed by atoms with Gasteiger partial charge in [-0.3, -0.25) is 0 Å². The maximum atomic E-state index is 9.25. The van der Waals surface area contributed by atoms with E-state index in [1.165, 1.54) is 5.56 Å². The van der Waals surface area contributed by atoms with Crippen molar-refractivity contribution in [3.05, 3.63) is 35.9 Å². The molecule has 96 valence electrons. The Balaban J connectivity index is 2.41. The molecule has 18 heavy (non-hydrogen) atoms. The summed E-state index contributed by atoms with van der Waals surface area (Å²) in [5.41, 5.74) is 1.36. The largest absolute Gasteiger partial charge is 0.303 e. The molecule has 1 aromatic carbocycles. The minimum absolute atomic E-state index is 0.0297. The molecule has 0 unspecified atom stereocenters. The van der Waals surface area contributed by atoms with Gasteiger partial charge >= 0.3 is 0 Å². The van der Waals surface area contributed by atoms with Crippen LogP contribution >= 0.6 is 0 Å². The Bertz CT molecular complexity index is 434. The van der Waals surface area contributed by atoms with E-state index < -0.39 is 0 Å². The van der Waals surface area contributed by atoms with Gasteiger partial charge in [-0.2, -0.15) is 5.26 Å². The second-order valence-corrected chi connectivity index (χ2v) is 5.75. The Morgan fingerprint density at radius 3 is 2.61 bits per heavy atom. The predicted molar refractivity (Wildman–Crippen MR) is 74.2 cm³/mol. The van der Waals surface area contributed by atoms with Gasteiger partial charge in [-0.05, 0) is 31.9 Å². The van der Waals surface area contributed by atoms with Crippen molar-refractivity contribution in [1.82, 2.24) is 4.90 Å². The molecule has 1 aromatic rings. The smallest absolute Gasteiger partial charge is 0.0631 e. The topological polar surface area (TPSA) is 27.0 Å². The molecule has 0 saturated carbocycles. The van der Waals surface area contributed by atoms with Crippen molar-refractivity contribution in [3.63, 3.8) is 0 Å². The second kappa shape index (κ2) is 5.12. The van der Waals surface area contributed by atoms with Crippen molar-refractivity contribution >= 4 is 0 Å². The number of benzene rings is 1. The zero-order chi connectivity index (χ0) is 13.2. The van der Waals surface area contributed by atoms with Crippen molar-refractivity contribution < 1.29 is 0 Å². The number of rotatable bonds is 2. The zero-order valence-corrected chi connectivity index (χ0v) is 11.6. The highest BCUT2D eigenvalue weighted by atomic mass is 15.1. The van der Waals surface area contributed by atoms with Gasteiger partial charge in [0.25, 0.3) is 0 Å². The number of hydrogen-bond acceptors (Lipinski definition) is 2. The van der Waals surface area contributed by atoms with Gasteiger partial charge in [0.2, 0.25) is 0 Å². The van der Waals surface area contributed by atoms with Crippen LogP contribution in [0.2, 0.25) is 0 Å². The van der Waals surface area contributed by atoms with E-state index in [9.17, 15) is 5.26 Å². The van der Waals surface area contributed by atoms with Crippen LogP contribution in [0.25, 0.3) is 0 Å². The summed E-state index contributed by atoms with van der Waals surface area (Å²) in [7, 11) is 2.18. The van der Waals surface area contributed by atoms with Crippen LogP contribution in [0.15, 0.2) is 30.3 Å². The molecule has 2 rings (SSSR count). The molecule has 2 nitrogen and oxygen atoms in total. The minimum atomic E-state index is 0.0297. The average molecular weight is 242 g/mol. The fraction of sp³-hybridized carbons (Fsp3) is 0.562. The molecule has 1 aliphatic rings. The molecular formula is C16H22N2. The third kappa shape index (κ3) is 2.15. The number of piperidine rings is 1. The van der Waals surface area contributed by atoms with Crippen molar-refractivity contribution in [2.45, 2.75) is 38.1 Å². The number of hydrogen-bond donors (Lipinski definition) is 0. The standard InChI is InChI=1S/C16H22N2/c1-13-12-18(3)14(2)11-16(13,9-10-17)15-7-5-4-6-8-15/h4-8,13-14H,9,11-12H2,1-3H3/t13-,14+,16+/m0/s1. The monoisotopic (exact) mass is 242 g/mol. The van der Waals surface area contributed by atoms with E-state index in [0.717, 1.165) is 13.0 Å². The lowest BCUT2D eigenvalue weighted by atomic mass is 9.63. The first-order valence-electron chi connectivity index (χ1n) is 6.73. The van der Waals surface area contributed by atoms with Crippen LogP contribution in [0, 0.1) is 17.2 Å². The van der Waals surface area contributed by atoms with E-state index in [1.807, 2.05) is 6.07 Å². The van der Waals surface area contributed by atoms with Crippen molar-refractivity contribution in [3.8, 4) is 6.07 Å². The van der Waals surface area contributed by atoms with Gasteiger partial charge in [0, 0.05) is 24.4 Å². The van der Waals surface area contributed by atoms with Gasteiger partial charge in [-0.25, -0.2) is 0 Å². The molecular weight excluding hydrogens is 220 g/mol. The van der Waals surface area contributed by atoms with Crippen LogP contribution in [0.4, 0.5) is 0 Å². The average Bonchev–Trinajstić information content (AvgIpc) is 2.37. The van der Waals surface area contributed by atoms with Crippen molar-refractivity contribution in [2.24, 2.45) is 5.92 Å². The lowest BCUT2D eigenvalue weighted by Crippen LogP contribution is -2.51. The van der Waals surface area contributed by atoms with E-state index in [-0.39, 0.29) is 5.41 Å². The summed E-state index contributed by atoms with van der Waals surface area (Å²) in [5, 5.41) is 9.25. The normalized spacial score (nSPS) is 33.0. The van der Waals surface area contributed by atoms with E-state index >= 15 is 0 Å². The molecule has 0 N–H and O–H groups in total. The van der Waals surface area contributed by atoms with E-state index in [1.54, 1.807) is 0 Å². The third-order valence-electron chi connectivity index (χ3n) is 4.66. The molecule has 0 amide bonds. The maximum absolute atomic E-state index is 9.25.